The first-order valence-electron chi connectivity index (χ1n) is 11.8. The molecule has 0 aliphatic carbocycles. The number of aromatic nitrogens is 2. The third kappa shape index (κ3) is 4.61. The molecule has 174 valence electrons. The van der Waals surface area contributed by atoms with Gasteiger partial charge in [-0.15, -0.1) is 11.8 Å². The number of likely N-dealkylation sites (N-methyl/N-ethyl adjacent to an activating group) is 1. The van der Waals surface area contributed by atoms with Crippen molar-refractivity contribution in [1.82, 2.24) is 15.1 Å². The molecule has 0 saturated heterocycles. The zero-order valence-corrected chi connectivity index (χ0v) is 20.4. The number of aliphatic carboxylic acids is 1. The lowest BCUT2D eigenvalue weighted by molar-refractivity contribution is -0.131. The van der Waals surface area contributed by atoms with Gasteiger partial charge in [-0.1, -0.05) is 37.3 Å². The number of nitrogens with zero attached hydrogens (tertiary/aromatic N) is 2. The van der Waals surface area contributed by atoms with Gasteiger partial charge in [0.05, 0.1) is 11.7 Å². The van der Waals surface area contributed by atoms with Crippen molar-refractivity contribution in [2.45, 2.75) is 31.4 Å². The zero-order valence-electron chi connectivity index (χ0n) is 19.5. The van der Waals surface area contributed by atoms with E-state index in [1.165, 1.54) is 22.8 Å². The first-order valence-corrected chi connectivity index (χ1v) is 12.6. The molecule has 6 heteroatoms. The number of benzene rings is 2. The van der Waals surface area contributed by atoms with E-state index >= 15 is 0 Å². The molecule has 2 aliphatic rings. The summed E-state index contributed by atoms with van der Waals surface area (Å²) in [5, 5.41) is 17.8. The maximum absolute atomic E-state index is 10.9. The van der Waals surface area contributed by atoms with Crippen LogP contribution in [-0.4, -0.2) is 51.6 Å². The minimum absolute atomic E-state index is 0.447. The minimum atomic E-state index is -0.938. The average molecular weight is 472 g/mol. The highest BCUT2D eigenvalue weighted by Gasteiger charge is 2.31. The summed E-state index contributed by atoms with van der Waals surface area (Å²) in [5.74, 6) is -0.938. The highest BCUT2D eigenvalue weighted by molar-refractivity contribution is 8.04. The highest BCUT2D eigenvalue weighted by Crippen LogP contribution is 2.48. The van der Waals surface area contributed by atoms with E-state index in [-0.39, 0.29) is 0 Å². The summed E-state index contributed by atoms with van der Waals surface area (Å²) in [4.78, 5) is 14.9. The minimum Gasteiger partial charge on any atom is -0.478 e. The Hall–Kier alpha value is -3.09. The fourth-order valence-electron chi connectivity index (χ4n) is 5.04. The zero-order chi connectivity index (χ0) is 23.7. The van der Waals surface area contributed by atoms with Crippen LogP contribution in [0, 0.1) is 0 Å². The third-order valence-corrected chi connectivity index (χ3v) is 8.24. The Balaban J connectivity index is 1.58. The number of carbonyl (C=O) groups is 1. The summed E-state index contributed by atoms with van der Waals surface area (Å²) in [6.07, 6.45) is 7.94. The van der Waals surface area contributed by atoms with Gasteiger partial charge in [0.15, 0.2) is 0 Å². The fraction of sp³-hybridized carbons (Fsp3) is 0.286. The van der Waals surface area contributed by atoms with Gasteiger partial charge in [-0.25, -0.2) is 4.79 Å². The fourth-order valence-corrected chi connectivity index (χ4v) is 6.62. The van der Waals surface area contributed by atoms with Crippen molar-refractivity contribution in [3.63, 3.8) is 0 Å². The van der Waals surface area contributed by atoms with E-state index in [1.807, 2.05) is 18.3 Å². The topological polar surface area (TPSA) is 69.2 Å². The van der Waals surface area contributed by atoms with Gasteiger partial charge in [-0.3, -0.25) is 5.10 Å². The second kappa shape index (κ2) is 9.65. The molecule has 0 fully saturated rings. The van der Waals surface area contributed by atoms with Gasteiger partial charge in [0.2, 0.25) is 0 Å². The Morgan fingerprint density at radius 3 is 2.79 bits per heavy atom. The number of nitrogens with one attached hydrogen (secondary N) is 1. The van der Waals surface area contributed by atoms with Crippen molar-refractivity contribution >= 4 is 40.3 Å². The summed E-state index contributed by atoms with van der Waals surface area (Å²) >= 11 is 2.07. The molecule has 0 bridgehead atoms. The van der Waals surface area contributed by atoms with Crippen LogP contribution in [0.25, 0.3) is 22.6 Å². The van der Waals surface area contributed by atoms with E-state index in [1.54, 1.807) is 16.6 Å². The van der Waals surface area contributed by atoms with Crippen LogP contribution in [-0.2, 0) is 4.79 Å². The lowest BCUT2D eigenvalue weighted by Gasteiger charge is -2.23. The van der Waals surface area contributed by atoms with Crippen molar-refractivity contribution in [1.29, 1.82) is 0 Å². The molecule has 1 atom stereocenters. The third-order valence-electron chi connectivity index (χ3n) is 6.73. The summed E-state index contributed by atoms with van der Waals surface area (Å²) in [7, 11) is 2.21. The highest BCUT2D eigenvalue weighted by atomic mass is 32.2. The van der Waals surface area contributed by atoms with Gasteiger partial charge in [0.25, 0.3) is 0 Å². The number of aromatic amines is 1. The monoisotopic (exact) mass is 471 g/mol. The predicted molar refractivity (Wildman–Crippen MR) is 141 cm³/mol. The lowest BCUT2D eigenvalue weighted by Crippen LogP contribution is -2.26. The number of thioether (sulfide) groups is 1. The number of carboxylic acids is 1. The van der Waals surface area contributed by atoms with Crippen LogP contribution in [0.5, 0.6) is 0 Å². The second-order valence-electron chi connectivity index (χ2n) is 9.04. The van der Waals surface area contributed by atoms with Gasteiger partial charge in [-0.2, -0.15) is 5.10 Å². The molecule has 5 nitrogen and oxygen atoms in total. The molecule has 3 aromatic rings. The SMILES string of the molecule is CC/C(=C(/c1ccc(/C=C/C(=O)O)cc1)c1ccc2[nH]ncc2c1)C1CC2=C(CCN(C)C2)S1. The quantitative estimate of drug-likeness (QED) is 0.434. The van der Waals surface area contributed by atoms with Crippen molar-refractivity contribution in [2.24, 2.45) is 0 Å². The molecule has 2 N–H and O–H groups in total. The van der Waals surface area contributed by atoms with Crippen molar-refractivity contribution < 1.29 is 9.90 Å². The molecule has 1 aromatic heterocycles. The summed E-state index contributed by atoms with van der Waals surface area (Å²) in [6, 6.07) is 14.7. The van der Waals surface area contributed by atoms with Crippen LogP contribution in [0.3, 0.4) is 0 Å². The van der Waals surface area contributed by atoms with Crippen LogP contribution in [0.2, 0.25) is 0 Å². The van der Waals surface area contributed by atoms with E-state index < -0.39 is 5.97 Å². The van der Waals surface area contributed by atoms with Crippen LogP contribution in [0.1, 0.15) is 42.9 Å². The van der Waals surface area contributed by atoms with Gasteiger partial charge >= 0.3 is 5.97 Å². The largest absolute Gasteiger partial charge is 0.478 e. The van der Waals surface area contributed by atoms with Crippen LogP contribution < -0.4 is 0 Å². The molecule has 3 heterocycles. The molecule has 2 aliphatic heterocycles. The Morgan fingerprint density at radius 1 is 1.24 bits per heavy atom. The molecule has 2 aromatic carbocycles. The van der Waals surface area contributed by atoms with Crippen LogP contribution >= 0.6 is 11.8 Å². The first-order chi connectivity index (χ1) is 16.5. The van der Waals surface area contributed by atoms with Crippen molar-refractivity contribution in [3.05, 3.63) is 87.5 Å². The number of hydrogen-bond acceptors (Lipinski definition) is 4. The molecule has 5 rings (SSSR count). The summed E-state index contributed by atoms with van der Waals surface area (Å²) in [5.41, 5.74) is 8.63. The van der Waals surface area contributed by atoms with E-state index in [0.29, 0.717) is 5.25 Å². The van der Waals surface area contributed by atoms with Crippen molar-refractivity contribution in [2.75, 3.05) is 20.1 Å². The number of rotatable bonds is 6. The van der Waals surface area contributed by atoms with E-state index in [4.69, 9.17) is 5.11 Å². The Bertz CT molecular complexity index is 1320. The number of H-pyrrole nitrogens is 1. The standard InChI is InChI=1S/C28H29N3O2S/c1-3-23(26-15-22-17-31(2)13-12-25(22)34-26)28(20-9-10-24-21(14-20)16-29-30-24)19-7-4-18(5-8-19)6-11-27(32)33/h4-11,14,16,26H,3,12-13,15,17H2,1-2H3,(H,29,30)(H,32,33)/b11-6+,28-23+. The average Bonchev–Trinajstić information content (AvgIpc) is 3.47. The van der Waals surface area contributed by atoms with Gasteiger partial charge in [0, 0.05) is 29.8 Å². The Morgan fingerprint density at radius 2 is 2.03 bits per heavy atom. The van der Waals surface area contributed by atoms with Crippen molar-refractivity contribution in [3.8, 4) is 0 Å². The van der Waals surface area contributed by atoms with Gasteiger partial charge in [0.1, 0.15) is 0 Å². The molecular weight excluding hydrogens is 442 g/mol. The summed E-state index contributed by atoms with van der Waals surface area (Å²) < 4.78 is 0. The normalized spacial score (nSPS) is 19.6. The maximum atomic E-state index is 10.9. The van der Waals surface area contributed by atoms with Crippen LogP contribution in [0.15, 0.2) is 70.8 Å². The van der Waals surface area contributed by atoms with Gasteiger partial charge < -0.3 is 10.0 Å². The predicted octanol–water partition coefficient (Wildman–Crippen LogP) is 5.97. The van der Waals surface area contributed by atoms with E-state index in [2.05, 4.69) is 71.2 Å². The molecule has 0 radical (unpaired) electrons. The first kappa shape index (κ1) is 22.7. The van der Waals surface area contributed by atoms with E-state index in [9.17, 15) is 4.79 Å². The van der Waals surface area contributed by atoms with E-state index in [0.717, 1.165) is 54.4 Å². The summed E-state index contributed by atoms with van der Waals surface area (Å²) in [6.45, 7) is 4.48. The number of carboxylic acid groups (broad SMARTS) is 1. The van der Waals surface area contributed by atoms with Crippen LogP contribution in [0.4, 0.5) is 0 Å². The molecular formula is C28H29N3O2S. The Kier molecular flexibility index (Phi) is 6.44. The molecule has 0 amide bonds. The lowest BCUT2D eigenvalue weighted by atomic mass is 9.87. The molecule has 0 saturated carbocycles. The Labute approximate surface area is 204 Å². The molecule has 34 heavy (non-hydrogen) atoms. The number of hydrogen-bond donors (Lipinski definition) is 2. The van der Waals surface area contributed by atoms with Gasteiger partial charge in [-0.05, 0) is 82.8 Å². The molecule has 0 spiro atoms. The number of fused-ring (bicyclic) bond motifs is 1. The smallest absolute Gasteiger partial charge is 0.328 e. The maximum Gasteiger partial charge on any atom is 0.328 e. The second-order valence-corrected chi connectivity index (χ2v) is 10.3. The molecule has 1 unspecified atom stereocenters.